The standard InChI is InChI=1S/C21H25N7O/c1-13(2)19-15-9-18(27-6-4-22-5-7-27)23-10-16(15)26-20(19)14-8-17(29-3)21-24-12-25-28(21)11-14/h8-13,22,26H,4-7H2,1-3H3. The topological polar surface area (TPSA) is 83.4 Å². The lowest BCUT2D eigenvalue weighted by Gasteiger charge is -2.28. The van der Waals surface area contributed by atoms with Crippen molar-refractivity contribution in [2.45, 2.75) is 19.8 Å². The van der Waals surface area contributed by atoms with Gasteiger partial charge in [-0.05, 0) is 23.6 Å². The fourth-order valence-corrected chi connectivity index (χ4v) is 4.18. The van der Waals surface area contributed by atoms with Crippen molar-refractivity contribution in [3.63, 3.8) is 0 Å². The largest absolute Gasteiger partial charge is 0.493 e. The van der Waals surface area contributed by atoms with E-state index in [-0.39, 0.29) is 0 Å². The Morgan fingerprint density at radius 3 is 2.72 bits per heavy atom. The van der Waals surface area contributed by atoms with Crippen molar-refractivity contribution in [1.29, 1.82) is 0 Å². The Morgan fingerprint density at radius 2 is 1.97 bits per heavy atom. The highest BCUT2D eigenvalue weighted by Gasteiger charge is 2.20. The van der Waals surface area contributed by atoms with E-state index in [0.717, 1.165) is 48.8 Å². The third kappa shape index (κ3) is 3.00. The fraction of sp³-hybridized carbons (Fsp3) is 0.381. The number of aromatic amines is 1. The molecule has 0 aliphatic carbocycles. The van der Waals surface area contributed by atoms with Crippen LogP contribution in [0.3, 0.4) is 0 Å². The van der Waals surface area contributed by atoms with E-state index in [1.54, 1.807) is 18.0 Å². The lowest BCUT2D eigenvalue weighted by atomic mass is 9.97. The van der Waals surface area contributed by atoms with Crippen LogP contribution in [0.2, 0.25) is 0 Å². The average molecular weight is 391 g/mol. The first-order chi connectivity index (χ1) is 14.2. The molecule has 8 nitrogen and oxygen atoms in total. The van der Waals surface area contributed by atoms with Gasteiger partial charge in [-0.2, -0.15) is 5.10 Å². The molecule has 0 bridgehead atoms. The van der Waals surface area contributed by atoms with Gasteiger partial charge in [0.1, 0.15) is 12.1 Å². The van der Waals surface area contributed by atoms with E-state index in [2.05, 4.69) is 45.2 Å². The van der Waals surface area contributed by atoms with Crippen LogP contribution in [0.15, 0.2) is 30.9 Å². The Bertz CT molecular complexity index is 1170. The third-order valence-corrected chi connectivity index (χ3v) is 5.58. The van der Waals surface area contributed by atoms with Gasteiger partial charge in [-0.3, -0.25) is 0 Å². The molecule has 5 rings (SSSR count). The number of anilines is 1. The normalized spacial score (nSPS) is 15.0. The van der Waals surface area contributed by atoms with Gasteiger partial charge in [0.15, 0.2) is 11.4 Å². The van der Waals surface area contributed by atoms with Crippen LogP contribution >= 0.6 is 0 Å². The highest BCUT2D eigenvalue weighted by Crippen LogP contribution is 2.38. The Labute approximate surface area is 168 Å². The van der Waals surface area contributed by atoms with Crippen LogP contribution in [-0.4, -0.2) is 57.9 Å². The van der Waals surface area contributed by atoms with Gasteiger partial charge >= 0.3 is 0 Å². The Balaban J connectivity index is 1.68. The molecule has 0 atom stereocenters. The molecule has 0 unspecified atom stereocenters. The number of hydrogen-bond acceptors (Lipinski definition) is 6. The predicted octanol–water partition coefficient (Wildman–Crippen LogP) is 2.81. The van der Waals surface area contributed by atoms with Crippen LogP contribution < -0.4 is 15.0 Å². The molecule has 0 aromatic carbocycles. The molecule has 2 N–H and O–H groups in total. The molecule has 4 aromatic rings. The molecule has 1 saturated heterocycles. The number of rotatable bonds is 4. The SMILES string of the molecule is COc1cc(-c2[nH]c3cnc(N4CCNCC4)cc3c2C(C)C)cn2ncnc12. The molecule has 5 heterocycles. The van der Waals surface area contributed by atoms with E-state index in [1.165, 1.54) is 10.9 Å². The summed E-state index contributed by atoms with van der Waals surface area (Å²) in [5.41, 5.74) is 5.12. The lowest BCUT2D eigenvalue weighted by molar-refractivity contribution is 0.416. The van der Waals surface area contributed by atoms with Gasteiger partial charge < -0.3 is 19.9 Å². The van der Waals surface area contributed by atoms with E-state index in [1.807, 2.05) is 18.5 Å². The zero-order valence-electron chi connectivity index (χ0n) is 16.9. The van der Waals surface area contributed by atoms with Gasteiger partial charge in [0.25, 0.3) is 0 Å². The van der Waals surface area contributed by atoms with Gasteiger partial charge in [-0.15, -0.1) is 0 Å². The number of pyridine rings is 2. The van der Waals surface area contributed by atoms with E-state index in [9.17, 15) is 0 Å². The van der Waals surface area contributed by atoms with Gasteiger partial charge in [0.05, 0.1) is 24.5 Å². The maximum absolute atomic E-state index is 5.56. The summed E-state index contributed by atoms with van der Waals surface area (Å²) in [5, 5.41) is 8.92. The van der Waals surface area contributed by atoms with Crippen LogP contribution in [-0.2, 0) is 0 Å². The van der Waals surface area contributed by atoms with Gasteiger partial charge in [0.2, 0.25) is 0 Å². The summed E-state index contributed by atoms with van der Waals surface area (Å²) < 4.78 is 7.32. The highest BCUT2D eigenvalue weighted by molar-refractivity contribution is 5.92. The number of H-pyrrole nitrogens is 1. The molecule has 29 heavy (non-hydrogen) atoms. The number of aromatic nitrogens is 5. The molecular formula is C21H25N7O. The number of hydrogen-bond donors (Lipinski definition) is 2. The van der Waals surface area contributed by atoms with Gasteiger partial charge in [0, 0.05) is 43.3 Å². The minimum absolute atomic E-state index is 0.342. The maximum Gasteiger partial charge on any atom is 0.197 e. The Kier molecular flexibility index (Phi) is 4.35. The number of methoxy groups -OCH3 is 1. The first kappa shape index (κ1) is 17.9. The quantitative estimate of drug-likeness (QED) is 0.557. The van der Waals surface area contributed by atoms with Crippen LogP contribution in [0.1, 0.15) is 25.3 Å². The monoisotopic (exact) mass is 391 g/mol. The lowest BCUT2D eigenvalue weighted by Crippen LogP contribution is -2.43. The summed E-state index contributed by atoms with van der Waals surface area (Å²) in [5.74, 6) is 2.08. The van der Waals surface area contributed by atoms with Crippen LogP contribution in [0, 0.1) is 0 Å². The van der Waals surface area contributed by atoms with Crippen LogP contribution in [0.5, 0.6) is 5.75 Å². The molecule has 1 fully saturated rings. The summed E-state index contributed by atoms with van der Waals surface area (Å²) in [6.45, 7) is 8.39. The second kappa shape index (κ2) is 7.04. The summed E-state index contributed by atoms with van der Waals surface area (Å²) >= 11 is 0. The molecule has 0 saturated carbocycles. The molecule has 1 aliphatic rings. The zero-order valence-corrected chi connectivity index (χ0v) is 16.9. The van der Waals surface area contributed by atoms with Crippen molar-refractivity contribution in [2.75, 3.05) is 38.2 Å². The van der Waals surface area contributed by atoms with E-state index in [4.69, 9.17) is 9.72 Å². The van der Waals surface area contributed by atoms with Crippen LogP contribution in [0.4, 0.5) is 5.82 Å². The molecule has 0 spiro atoms. The Hall–Kier alpha value is -3.13. The van der Waals surface area contributed by atoms with Crippen molar-refractivity contribution in [1.82, 2.24) is 29.9 Å². The summed E-state index contributed by atoms with van der Waals surface area (Å²) in [6.07, 6.45) is 5.49. The second-order valence-electron chi connectivity index (χ2n) is 7.72. The van der Waals surface area contributed by atoms with Crippen molar-refractivity contribution < 1.29 is 4.74 Å². The predicted molar refractivity (Wildman–Crippen MR) is 114 cm³/mol. The molecule has 4 aromatic heterocycles. The molecule has 0 radical (unpaired) electrons. The number of ether oxygens (including phenoxy) is 1. The molecular weight excluding hydrogens is 366 g/mol. The average Bonchev–Trinajstić information content (AvgIpc) is 3.37. The first-order valence-corrected chi connectivity index (χ1v) is 10.0. The number of piperazine rings is 1. The second-order valence-corrected chi connectivity index (χ2v) is 7.72. The molecule has 1 aliphatic heterocycles. The van der Waals surface area contributed by atoms with Gasteiger partial charge in [-0.1, -0.05) is 13.8 Å². The molecule has 150 valence electrons. The minimum atomic E-state index is 0.342. The van der Waals surface area contributed by atoms with Crippen molar-refractivity contribution in [3.05, 3.63) is 36.4 Å². The van der Waals surface area contributed by atoms with Crippen LogP contribution in [0.25, 0.3) is 27.8 Å². The zero-order chi connectivity index (χ0) is 20.0. The third-order valence-electron chi connectivity index (χ3n) is 5.58. The number of fused-ring (bicyclic) bond motifs is 2. The van der Waals surface area contributed by atoms with Crippen molar-refractivity contribution >= 4 is 22.4 Å². The van der Waals surface area contributed by atoms with E-state index >= 15 is 0 Å². The highest BCUT2D eigenvalue weighted by atomic mass is 16.5. The number of nitrogens with zero attached hydrogens (tertiary/aromatic N) is 5. The summed E-state index contributed by atoms with van der Waals surface area (Å²) in [4.78, 5) is 14.9. The maximum atomic E-state index is 5.56. The summed E-state index contributed by atoms with van der Waals surface area (Å²) in [6, 6.07) is 4.24. The van der Waals surface area contributed by atoms with E-state index < -0.39 is 0 Å². The molecule has 8 heteroatoms. The van der Waals surface area contributed by atoms with Crippen molar-refractivity contribution in [2.24, 2.45) is 0 Å². The first-order valence-electron chi connectivity index (χ1n) is 10.0. The smallest absolute Gasteiger partial charge is 0.197 e. The summed E-state index contributed by atoms with van der Waals surface area (Å²) in [7, 11) is 1.66. The van der Waals surface area contributed by atoms with Gasteiger partial charge in [-0.25, -0.2) is 14.5 Å². The molecule has 0 amide bonds. The Morgan fingerprint density at radius 1 is 1.14 bits per heavy atom. The number of nitrogens with one attached hydrogen (secondary N) is 2. The fourth-order valence-electron chi connectivity index (χ4n) is 4.18. The van der Waals surface area contributed by atoms with E-state index in [0.29, 0.717) is 17.3 Å². The minimum Gasteiger partial charge on any atom is -0.493 e. The van der Waals surface area contributed by atoms with Crippen molar-refractivity contribution in [3.8, 4) is 17.0 Å².